The van der Waals surface area contributed by atoms with Crippen molar-refractivity contribution in [2.24, 2.45) is 5.73 Å². The van der Waals surface area contributed by atoms with Crippen LogP contribution in [0, 0.1) is 6.92 Å². The van der Waals surface area contributed by atoms with Crippen LogP contribution in [0.3, 0.4) is 0 Å². The summed E-state index contributed by atoms with van der Waals surface area (Å²) < 4.78 is 26.9. The molecule has 1 saturated carbocycles. The summed E-state index contributed by atoms with van der Waals surface area (Å²) in [4.78, 5) is 0.199. The van der Waals surface area contributed by atoms with Crippen molar-refractivity contribution in [3.63, 3.8) is 0 Å². The molecule has 1 fully saturated rings. The Morgan fingerprint density at radius 3 is 2.53 bits per heavy atom. The van der Waals surface area contributed by atoms with E-state index in [1.165, 1.54) is 19.0 Å². The van der Waals surface area contributed by atoms with Crippen molar-refractivity contribution in [1.82, 2.24) is 14.9 Å². The number of nitrogens with zero attached hydrogens (tertiary/aromatic N) is 1. The van der Waals surface area contributed by atoms with Gasteiger partial charge in [-0.25, -0.2) is 13.1 Å². The number of aryl methyl sites for hydroxylation is 1. The molecule has 0 spiro atoms. The Bertz CT molecular complexity index is 516. The zero-order valence-electron chi connectivity index (χ0n) is 11.3. The third-order valence-corrected chi connectivity index (χ3v) is 5.30. The van der Waals surface area contributed by atoms with Gasteiger partial charge in [-0.3, -0.25) is 5.10 Å². The summed E-state index contributed by atoms with van der Waals surface area (Å²) in [5.74, 6) is 0. The van der Waals surface area contributed by atoms with Crippen LogP contribution in [-0.2, 0) is 10.0 Å². The summed E-state index contributed by atoms with van der Waals surface area (Å²) >= 11 is 0. The quantitative estimate of drug-likeness (QED) is 0.720. The molecule has 108 valence electrons. The Hall–Kier alpha value is -0.920. The normalized spacial score (nSPS) is 20.1. The highest BCUT2D eigenvalue weighted by molar-refractivity contribution is 7.89. The Labute approximate surface area is 114 Å². The molecule has 4 N–H and O–H groups in total. The molecule has 1 aromatic rings. The molecule has 0 aromatic carbocycles. The number of H-pyrrole nitrogens is 1. The summed E-state index contributed by atoms with van der Waals surface area (Å²) in [6.07, 6.45) is 7.60. The first kappa shape index (κ1) is 14.5. The summed E-state index contributed by atoms with van der Waals surface area (Å²) in [5, 5.41) is 6.37. The molecule has 0 saturated heterocycles. The minimum atomic E-state index is -3.52. The SMILES string of the molecule is Cc1[nH]ncc1S(=O)(=O)NCC1(N)CCCCCC1. The van der Waals surface area contributed by atoms with Crippen LogP contribution in [0.2, 0.25) is 0 Å². The minimum Gasteiger partial charge on any atom is -0.324 e. The van der Waals surface area contributed by atoms with E-state index in [4.69, 9.17) is 5.73 Å². The van der Waals surface area contributed by atoms with Crippen molar-refractivity contribution in [2.45, 2.75) is 55.9 Å². The van der Waals surface area contributed by atoms with Gasteiger partial charge in [0.2, 0.25) is 10.0 Å². The van der Waals surface area contributed by atoms with Gasteiger partial charge in [-0.05, 0) is 19.8 Å². The van der Waals surface area contributed by atoms with Gasteiger partial charge in [-0.1, -0.05) is 25.7 Å². The van der Waals surface area contributed by atoms with Gasteiger partial charge in [-0.2, -0.15) is 5.10 Å². The van der Waals surface area contributed by atoms with E-state index in [1.54, 1.807) is 6.92 Å². The van der Waals surface area contributed by atoms with Gasteiger partial charge in [-0.15, -0.1) is 0 Å². The number of nitrogens with two attached hydrogens (primary N) is 1. The summed E-state index contributed by atoms with van der Waals surface area (Å²) in [6.45, 7) is 1.98. The summed E-state index contributed by atoms with van der Waals surface area (Å²) in [5.41, 5.74) is 6.43. The Morgan fingerprint density at radius 2 is 2.00 bits per heavy atom. The highest BCUT2D eigenvalue weighted by Crippen LogP contribution is 2.25. The van der Waals surface area contributed by atoms with E-state index in [1.807, 2.05) is 0 Å². The van der Waals surface area contributed by atoms with E-state index in [9.17, 15) is 8.42 Å². The highest BCUT2D eigenvalue weighted by atomic mass is 32.2. The molecule has 0 atom stereocenters. The molecule has 7 heteroatoms. The maximum atomic E-state index is 12.2. The van der Waals surface area contributed by atoms with Crippen LogP contribution in [0.25, 0.3) is 0 Å². The fourth-order valence-electron chi connectivity index (χ4n) is 2.54. The Morgan fingerprint density at radius 1 is 1.37 bits per heavy atom. The number of hydrogen-bond acceptors (Lipinski definition) is 4. The van der Waals surface area contributed by atoms with Crippen molar-refractivity contribution in [3.8, 4) is 0 Å². The predicted octanol–water partition coefficient (Wildman–Crippen LogP) is 1.05. The van der Waals surface area contributed by atoms with E-state index in [0.29, 0.717) is 12.2 Å². The lowest BCUT2D eigenvalue weighted by Crippen LogP contribution is -2.49. The van der Waals surface area contributed by atoms with Crippen LogP contribution in [0.1, 0.15) is 44.2 Å². The average molecular weight is 286 g/mol. The lowest BCUT2D eigenvalue weighted by Gasteiger charge is -2.28. The molecule has 1 aromatic heterocycles. The van der Waals surface area contributed by atoms with Crippen molar-refractivity contribution in [1.29, 1.82) is 0 Å². The van der Waals surface area contributed by atoms with Crippen LogP contribution in [0.5, 0.6) is 0 Å². The maximum absolute atomic E-state index is 12.2. The molecule has 2 rings (SSSR count). The number of rotatable bonds is 4. The first-order valence-electron chi connectivity index (χ1n) is 6.71. The Kier molecular flexibility index (Phi) is 4.27. The number of sulfonamides is 1. The molecule has 6 nitrogen and oxygen atoms in total. The van der Waals surface area contributed by atoms with Crippen molar-refractivity contribution < 1.29 is 8.42 Å². The molecular weight excluding hydrogens is 264 g/mol. The first-order valence-corrected chi connectivity index (χ1v) is 8.20. The monoisotopic (exact) mass is 286 g/mol. The van der Waals surface area contributed by atoms with E-state index in [-0.39, 0.29) is 4.90 Å². The minimum absolute atomic E-state index is 0.199. The largest absolute Gasteiger partial charge is 0.324 e. The first-order chi connectivity index (χ1) is 8.93. The van der Waals surface area contributed by atoms with Crippen molar-refractivity contribution in [3.05, 3.63) is 11.9 Å². The summed E-state index contributed by atoms with van der Waals surface area (Å²) in [6, 6.07) is 0. The molecule has 19 heavy (non-hydrogen) atoms. The molecule has 0 bridgehead atoms. The number of hydrogen-bond donors (Lipinski definition) is 3. The highest BCUT2D eigenvalue weighted by Gasteiger charge is 2.29. The smallest absolute Gasteiger partial charge is 0.244 e. The third kappa shape index (κ3) is 3.55. The van der Waals surface area contributed by atoms with Gasteiger partial charge in [0.1, 0.15) is 4.90 Å². The van der Waals surface area contributed by atoms with Crippen molar-refractivity contribution in [2.75, 3.05) is 6.54 Å². The van der Waals surface area contributed by atoms with Gasteiger partial charge < -0.3 is 5.73 Å². The van der Waals surface area contributed by atoms with Gasteiger partial charge in [0, 0.05) is 12.1 Å². The molecular formula is C12H22N4O2S. The van der Waals surface area contributed by atoms with E-state index >= 15 is 0 Å². The van der Waals surface area contributed by atoms with Gasteiger partial charge in [0.15, 0.2) is 0 Å². The van der Waals surface area contributed by atoms with E-state index in [0.717, 1.165) is 25.7 Å². The molecule has 1 heterocycles. The van der Waals surface area contributed by atoms with Crippen LogP contribution in [0.4, 0.5) is 0 Å². The second-order valence-corrected chi connectivity index (χ2v) is 7.20. The van der Waals surface area contributed by atoms with Crippen LogP contribution < -0.4 is 10.5 Å². The molecule has 1 aliphatic rings. The van der Waals surface area contributed by atoms with Crippen molar-refractivity contribution >= 4 is 10.0 Å². The second-order valence-electron chi connectivity index (χ2n) is 5.46. The fourth-order valence-corrected chi connectivity index (χ4v) is 3.81. The standard InChI is InChI=1S/C12H22N4O2S/c1-10-11(8-14-16-10)19(17,18)15-9-12(13)6-4-2-3-5-7-12/h8,15H,2-7,9,13H2,1H3,(H,14,16). The predicted molar refractivity (Wildman–Crippen MR) is 73.1 cm³/mol. The van der Waals surface area contributed by atoms with Gasteiger partial charge in [0.25, 0.3) is 0 Å². The van der Waals surface area contributed by atoms with Gasteiger partial charge in [0.05, 0.1) is 11.9 Å². The number of aromatic nitrogens is 2. The third-order valence-electron chi connectivity index (χ3n) is 3.79. The topological polar surface area (TPSA) is 101 Å². The van der Waals surface area contributed by atoms with E-state index < -0.39 is 15.6 Å². The fraction of sp³-hybridized carbons (Fsp3) is 0.750. The lowest BCUT2D eigenvalue weighted by molar-refractivity contribution is 0.369. The molecule has 0 unspecified atom stereocenters. The average Bonchev–Trinajstić information content (AvgIpc) is 2.67. The summed E-state index contributed by atoms with van der Waals surface area (Å²) in [7, 11) is -3.52. The van der Waals surface area contributed by atoms with Crippen LogP contribution in [0.15, 0.2) is 11.1 Å². The Balaban J connectivity index is 2.03. The van der Waals surface area contributed by atoms with Crippen LogP contribution in [-0.4, -0.2) is 30.7 Å². The van der Waals surface area contributed by atoms with Gasteiger partial charge >= 0.3 is 0 Å². The zero-order chi connectivity index (χ0) is 13.9. The zero-order valence-corrected chi connectivity index (χ0v) is 12.1. The lowest BCUT2D eigenvalue weighted by atomic mass is 9.92. The molecule has 0 aliphatic heterocycles. The van der Waals surface area contributed by atoms with E-state index in [2.05, 4.69) is 14.9 Å². The molecule has 0 amide bonds. The maximum Gasteiger partial charge on any atom is 0.244 e. The number of nitrogens with one attached hydrogen (secondary N) is 2. The molecule has 0 radical (unpaired) electrons. The van der Waals surface area contributed by atoms with Crippen LogP contribution >= 0.6 is 0 Å². The molecule has 1 aliphatic carbocycles. The second kappa shape index (κ2) is 5.60. The number of aromatic amines is 1.